The monoisotopic (exact) mass is 454 g/mol. The molecule has 32 heavy (non-hydrogen) atoms. The lowest BCUT2D eigenvalue weighted by Gasteiger charge is -2.19. The highest BCUT2D eigenvalue weighted by Gasteiger charge is 2.26. The normalized spacial score (nSPS) is 12.6. The van der Waals surface area contributed by atoms with Crippen LogP contribution in [0.4, 0.5) is 0 Å². The van der Waals surface area contributed by atoms with E-state index in [2.05, 4.69) is 13.8 Å². The number of hydrogen-bond acceptors (Lipinski definition) is 3. The zero-order valence-corrected chi connectivity index (χ0v) is 21.9. The second kappa shape index (κ2) is 20.5. The van der Waals surface area contributed by atoms with Gasteiger partial charge in [-0.05, 0) is 52.4 Å². The third kappa shape index (κ3) is 18.5. The first kappa shape index (κ1) is 30.9. The molecule has 4 nitrogen and oxygen atoms in total. The lowest BCUT2D eigenvalue weighted by molar-refractivity contribution is -0.150. The van der Waals surface area contributed by atoms with Crippen molar-refractivity contribution in [3.05, 3.63) is 0 Å². The van der Waals surface area contributed by atoms with E-state index in [1.165, 1.54) is 70.6 Å². The minimum atomic E-state index is -0.751. The average molecular weight is 455 g/mol. The van der Waals surface area contributed by atoms with E-state index < -0.39 is 11.4 Å². The molecule has 0 fully saturated rings. The zero-order valence-electron chi connectivity index (χ0n) is 21.9. The number of rotatable bonds is 23. The molecule has 0 rings (SSSR count). The van der Waals surface area contributed by atoms with E-state index in [0.717, 1.165) is 44.9 Å². The molecule has 0 aromatic carbocycles. The molecule has 4 heteroatoms. The maximum absolute atomic E-state index is 12.4. The van der Waals surface area contributed by atoms with Gasteiger partial charge in [0.25, 0.3) is 0 Å². The predicted octanol–water partition coefficient (Wildman–Crippen LogP) is 8.85. The molecule has 0 bridgehead atoms. The van der Waals surface area contributed by atoms with Crippen LogP contribution in [0, 0.1) is 5.41 Å². The van der Waals surface area contributed by atoms with Gasteiger partial charge in [0.2, 0.25) is 0 Å². The number of aliphatic carboxylic acids is 1. The van der Waals surface area contributed by atoms with Crippen molar-refractivity contribution in [1.29, 1.82) is 0 Å². The Balaban J connectivity index is 4.07. The van der Waals surface area contributed by atoms with Crippen molar-refractivity contribution in [3.63, 3.8) is 0 Å². The molecule has 1 unspecified atom stereocenters. The van der Waals surface area contributed by atoms with Crippen LogP contribution in [-0.2, 0) is 14.3 Å². The molecule has 0 aliphatic carbocycles. The molecule has 0 saturated heterocycles. The Labute approximate surface area is 199 Å². The van der Waals surface area contributed by atoms with E-state index in [1.807, 2.05) is 0 Å². The third-order valence-corrected chi connectivity index (χ3v) is 6.57. The van der Waals surface area contributed by atoms with Gasteiger partial charge in [0, 0.05) is 6.42 Å². The van der Waals surface area contributed by atoms with Crippen LogP contribution in [0.1, 0.15) is 156 Å². The van der Waals surface area contributed by atoms with E-state index in [1.54, 1.807) is 13.8 Å². The largest absolute Gasteiger partial charge is 0.481 e. The molecule has 190 valence electrons. The highest BCUT2D eigenvalue weighted by molar-refractivity contribution is 5.73. The molecule has 0 radical (unpaired) electrons. The Kier molecular flexibility index (Phi) is 19.9. The smallest absolute Gasteiger partial charge is 0.309 e. The number of carboxylic acid groups (broad SMARTS) is 1. The number of carbonyl (C=O) groups is 2. The Morgan fingerprint density at radius 2 is 1.12 bits per heavy atom. The highest BCUT2D eigenvalue weighted by atomic mass is 16.5. The summed E-state index contributed by atoms with van der Waals surface area (Å²) in [6.07, 6.45) is 22.4. The Morgan fingerprint density at radius 1 is 0.688 bits per heavy atom. The molecule has 0 aliphatic heterocycles. The van der Waals surface area contributed by atoms with Gasteiger partial charge in [-0.25, -0.2) is 0 Å². The van der Waals surface area contributed by atoms with Crippen LogP contribution in [0.25, 0.3) is 0 Å². The first-order valence-electron chi connectivity index (χ1n) is 13.8. The van der Waals surface area contributed by atoms with Crippen molar-refractivity contribution < 1.29 is 19.4 Å². The predicted molar refractivity (Wildman–Crippen MR) is 135 cm³/mol. The van der Waals surface area contributed by atoms with Crippen LogP contribution in [0.15, 0.2) is 0 Å². The standard InChI is InChI=1S/C28H54O4/c1-5-7-9-11-12-13-14-15-18-22-25(21-17-10-8-6-2)32-26(29)23-19-16-20-24-28(3,4)27(30)31/h25H,5-24H2,1-4H3,(H,30,31). The second-order valence-electron chi connectivity index (χ2n) is 10.3. The first-order valence-corrected chi connectivity index (χ1v) is 13.8. The molecule has 0 amide bonds. The van der Waals surface area contributed by atoms with Crippen molar-refractivity contribution >= 4 is 11.9 Å². The Morgan fingerprint density at radius 3 is 1.62 bits per heavy atom. The van der Waals surface area contributed by atoms with Gasteiger partial charge >= 0.3 is 11.9 Å². The van der Waals surface area contributed by atoms with Crippen molar-refractivity contribution in [2.75, 3.05) is 0 Å². The van der Waals surface area contributed by atoms with E-state index in [4.69, 9.17) is 4.74 Å². The fourth-order valence-electron chi connectivity index (χ4n) is 4.11. The number of hydrogen-bond donors (Lipinski definition) is 1. The second-order valence-corrected chi connectivity index (χ2v) is 10.3. The van der Waals surface area contributed by atoms with Crippen molar-refractivity contribution in [2.45, 2.75) is 162 Å². The van der Waals surface area contributed by atoms with E-state index in [-0.39, 0.29) is 12.1 Å². The minimum Gasteiger partial charge on any atom is -0.481 e. The van der Waals surface area contributed by atoms with E-state index >= 15 is 0 Å². The Bertz CT molecular complexity index is 458. The van der Waals surface area contributed by atoms with Crippen LogP contribution in [0.2, 0.25) is 0 Å². The molecule has 1 atom stereocenters. The molecular weight excluding hydrogens is 400 g/mol. The number of unbranched alkanes of at least 4 members (excludes halogenated alkanes) is 13. The lowest BCUT2D eigenvalue weighted by Crippen LogP contribution is -2.23. The van der Waals surface area contributed by atoms with Crippen LogP contribution >= 0.6 is 0 Å². The minimum absolute atomic E-state index is 0.0705. The van der Waals surface area contributed by atoms with Crippen molar-refractivity contribution in [3.8, 4) is 0 Å². The molecule has 0 heterocycles. The highest BCUT2D eigenvalue weighted by Crippen LogP contribution is 2.24. The van der Waals surface area contributed by atoms with Crippen LogP contribution in [0.3, 0.4) is 0 Å². The number of ether oxygens (including phenoxy) is 1. The molecular formula is C28H54O4. The fourth-order valence-corrected chi connectivity index (χ4v) is 4.11. The number of esters is 1. The van der Waals surface area contributed by atoms with Gasteiger partial charge in [-0.2, -0.15) is 0 Å². The third-order valence-electron chi connectivity index (χ3n) is 6.57. The maximum Gasteiger partial charge on any atom is 0.309 e. The molecule has 1 N–H and O–H groups in total. The summed E-state index contributed by atoms with van der Waals surface area (Å²) in [6, 6.07) is 0. The summed E-state index contributed by atoms with van der Waals surface area (Å²) in [7, 11) is 0. The van der Waals surface area contributed by atoms with Gasteiger partial charge in [0.1, 0.15) is 6.10 Å². The van der Waals surface area contributed by atoms with Gasteiger partial charge in [0.15, 0.2) is 0 Å². The number of carbonyl (C=O) groups excluding carboxylic acids is 1. The topological polar surface area (TPSA) is 63.6 Å². The quantitative estimate of drug-likeness (QED) is 0.124. The van der Waals surface area contributed by atoms with Gasteiger partial charge in [-0.1, -0.05) is 97.3 Å². The van der Waals surface area contributed by atoms with Gasteiger partial charge in [0.05, 0.1) is 5.41 Å². The Hall–Kier alpha value is -1.06. The van der Waals surface area contributed by atoms with Gasteiger partial charge in [-0.3, -0.25) is 9.59 Å². The average Bonchev–Trinajstić information content (AvgIpc) is 2.74. The lowest BCUT2D eigenvalue weighted by atomic mass is 9.87. The first-order chi connectivity index (χ1) is 15.3. The summed E-state index contributed by atoms with van der Waals surface area (Å²) in [5, 5.41) is 9.18. The molecule has 0 aromatic heterocycles. The SMILES string of the molecule is CCCCCCCCCCCC(CCCCCC)OC(=O)CCCCCC(C)(C)C(=O)O. The molecule has 0 aromatic rings. The summed E-state index contributed by atoms with van der Waals surface area (Å²) >= 11 is 0. The summed E-state index contributed by atoms with van der Waals surface area (Å²) in [5.41, 5.74) is -0.681. The van der Waals surface area contributed by atoms with Crippen LogP contribution < -0.4 is 0 Å². The van der Waals surface area contributed by atoms with E-state index in [0.29, 0.717) is 12.8 Å². The maximum atomic E-state index is 12.4. The molecule has 0 saturated carbocycles. The summed E-state index contributed by atoms with van der Waals surface area (Å²) in [5.74, 6) is -0.821. The summed E-state index contributed by atoms with van der Waals surface area (Å²) < 4.78 is 5.86. The summed E-state index contributed by atoms with van der Waals surface area (Å²) in [6.45, 7) is 8.00. The van der Waals surface area contributed by atoms with Crippen molar-refractivity contribution in [2.24, 2.45) is 5.41 Å². The molecule has 0 aliphatic rings. The van der Waals surface area contributed by atoms with Crippen LogP contribution in [-0.4, -0.2) is 23.1 Å². The fraction of sp³-hybridized carbons (Fsp3) is 0.929. The van der Waals surface area contributed by atoms with Gasteiger partial charge < -0.3 is 9.84 Å². The van der Waals surface area contributed by atoms with Crippen LogP contribution in [0.5, 0.6) is 0 Å². The summed E-state index contributed by atoms with van der Waals surface area (Å²) in [4.78, 5) is 23.5. The zero-order chi connectivity index (χ0) is 24.1. The van der Waals surface area contributed by atoms with Gasteiger partial charge in [-0.15, -0.1) is 0 Å². The molecule has 0 spiro atoms. The number of carboxylic acids is 1. The van der Waals surface area contributed by atoms with Crippen molar-refractivity contribution in [1.82, 2.24) is 0 Å². The van der Waals surface area contributed by atoms with E-state index in [9.17, 15) is 14.7 Å².